The van der Waals surface area contributed by atoms with Gasteiger partial charge in [-0.05, 0) is 48.7 Å². The second-order valence-corrected chi connectivity index (χ2v) is 17.9. The fourth-order valence-corrected chi connectivity index (χ4v) is 12.0. The maximum atomic E-state index is 12.4. The molecule has 0 aliphatic carbocycles. The highest BCUT2D eigenvalue weighted by molar-refractivity contribution is 7.85. The summed E-state index contributed by atoms with van der Waals surface area (Å²) in [6.45, 7) is 4.27. The zero-order valence-corrected chi connectivity index (χ0v) is 28.7. The molecule has 1 aliphatic heterocycles. The van der Waals surface area contributed by atoms with Crippen molar-refractivity contribution in [1.82, 2.24) is 0 Å². The molecule has 0 aromatic heterocycles. The summed E-state index contributed by atoms with van der Waals surface area (Å²) < 4.78 is 42.1. The van der Waals surface area contributed by atoms with Crippen LogP contribution >= 0.6 is 15.8 Å². The van der Waals surface area contributed by atoms with Crippen LogP contribution in [0.4, 0.5) is 0 Å². The van der Waals surface area contributed by atoms with E-state index in [4.69, 9.17) is 4.74 Å². The van der Waals surface area contributed by atoms with E-state index in [-0.39, 0.29) is 0 Å². The van der Waals surface area contributed by atoms with Crippen LogP contribution in [0.25, 0.3) is 0 Å². The third-order valence-electron chi connectivity index (χ3n) is 8.60. The molecule has 4 nitrogen and oxygen atoms in total. The van der Waals surface area contributed by atoms with Crippen LogP contribution in [0.3, 0.4) is 0 Å². The molecule has 6 aromatic carbocycles. The van der Waals surface area contributed by atoms with Crippen LogP contribution in [-0.2, 0) is 21.3 Å². The van der Waals surface area contributed by atoms with Crippen molar-refractivity contribution < 1.29 is 17.7 Å². The van der Waals surface area contributed by atoms with E-state index in [1.54, 1.807) is 0 Å². The van der Waals surface area contributed by atoms with Gasteiger partial charge in [0.2, 0.25) is 0 Å². The van der Waals surface area contributed by atoms with E-state index in [2.05, 4.69) is 129 Å². The zero-order valence-electron chi connectivity index (χ0n) is 26.1. The maximum absolute atomic E-state index is 12.4. The predicted octanol–water partition coefficient (Wildman–Crippen LogP) is 7.02. The third kappa shape index (κ3) is 6.18. The molecule has 7 rings (SSSR count). The molecule has 47 heavy (non-hydrogen) atoms. The Kier molecular flexibility index (Phi) is 8.59. The lowest BCUT2D eigenvalue weighted by Crippen LogP contribution is -2.34. The fourth-order valence-electron chi connectivity index (χ4n) is 6.59. The molecule has 1 heterocycles. The van der Waals surface area contributed by atoms with Gasteiger partial charge in [0.1, 0.15) is 17.3 Å². The van der Waals surface area contributed by atoms with Gasteiger partial charge in [-0.1, -0.05) is 159 Å². The largest absolute Gasteiger partial charge is 0.455 e. The smallest absolute Gasteiger partial charge is 0.269 e. The normalized spacial score (nSPS) is 13.6. The van der Waals surface area contributed by atoms with Crippen molar-refractivity contribution in [3.05, 3.63) is 168 Å². The second-order valence-electron chi connectivity index (χ2n) is 12.1. The molecule has 0 radical (unpaired) electrons. The molecule has 0 fully saturated rings. The number of fused-ring (bicyclic) bond motifs is 2. The van der Waals surface area contributed by atoms with Crippen molar-refractivity contribution in [2.75, 3.05) is 0 Å². The van der Waals surface area contributed by atoms with Crippen LogP contribution in [0.5, 0.6) is 11.5 Å². The predicted molar refractivity (Wildman–Crippen MR) is 198 cm³/mol. The lowest BCUT2D eigenvalue weighted by atomic mass is 9.74. The summed E-state index contributed by atoms with van der Waals surface area (Å²) in [5, 5.41) is 6.85. The highest BCUT2D eigenvalue weighted by atomic mass is 32.2. The maximum Gasteiger partial charge on any atom is 0.269 e. The Balaban J connectivity index is 1.51. The topological polar surface area (TPSA) is 63.6 Å². The van der Waals surface area contributed by atoms with Crippen LogP contribution in [0.15, 0.2) is 152 Å². The monoisotopic (exact) mass is 672 g/mol. The van der Waals surface area contributed by atoms with Gasteiger partial charge in [-0.3, -0.25) is 4.55 Å². The first kappa shape index (κ1) is 31.5. The summed E-state index contributed by atoms with van der Waals surface area (Å²) >= 11 is 0. The molecule has 0 spiro atoms. The molecule has 1 N–H and O–H groups in total. The Bertz CT molecular complexity index is 2060. The van der Waals surface area contributed by atoms with Gasteiger partial charge in [-0.15, -0.1) is 0 Å². The van der Waals surface area contributed by atoms with Crippen LogP contribution in [-0.4, -0.2) is 13.0 Å². The fraction of sp³-hybridized carbons (Fsp3) is 0.100. The average molecular weight is 673 g/mol. The van der Waals surface area contributed by atoms with Gasteiger partial charge in [0.15, 0.2) is 0 Å². The molecule has 0 unspecified atom stereocenters. The number of hydrogen-bond donors (Lipinski definition) is 1. The van der Waals surface area contributed by atoms with Gasteiger partial charge in [0.05, 0.1) is 0 Å². The molecule has 1 aliphatic rings. The van der Waals surface area contributed by atoms with Crippen molar-refractivity contribution in [2.24, 2.45) is 0 Å². The number of ether oxygens (including phenoxy) is 1. The highest BCUT2D eigenvalue weighted by Crippen LogP contribution is 2.53. The van der Waals surface area contributed by atoms with E-state index in [9.17, 15) is 13.0 Å². The molecular weight excluding hydrogens is 638 g/mol. The summed E-state index contributed by atoms with van der Waals surface area (Å²) in [7, 11) is -6.39. The minimum absolute atomic E-state index is 0.493. The first-order valence-electron chi connectivity index (χ1n) is 15.5. The first-order valence-corrected chi connectivity index (χ1v) is 19.7. The summed E-state index contributed by atoms with van der Waals surface area (Å²) in [5.41, 5.74) is 1.68. The van der Waals surface area contributed by atoms with Gasteiger partial charge < -0.3 is 4.74 Å². The van der Waals surface area contributed by atoms with E-state index < -0.39 is 37.1 Å². The average Bonchev–Trinajstić information content (AvgIpc) is 3.07. The van der Waals surface area contributed by atoms with Crippen LogP contribution < -0.4 is 36.6 Å². The Morgan fingerprint density at radius 1 is 0.553 bits per heavy atom. The summed E-state index contributed by atoms with van der Waals surface area (Å²) in [4.78, 5) is 0. The Morgan fingerprint density at radius 2 is 0.979 bits per heavy atom. The molecule has 0 saturated heterocycles. The number of benzene rings is 6. The van der Waals surface area contributed by atoms with Gasteiger partial charge in [-0.25, -0.2) is 0 Å². The van der Waals surface area contributed by atoms with E-state index >= 15 is 0 Å². The van der Waals surface area contributed by atoms with E-state index in [0.717, 1.165) is 38.1 Å². The van der Waals surface area contributed by atoms with E-state index in [1.807, 2.05) is 36.4 Å². The molecule has 0 atom stereocenters. The lowest BCUT2D eigenvalue weighted by Gasteiger charge is -2.39. The molecular formula is C40H34O4P2S. The quantitative estimate of drug-likeness (QED) is 0.140. The van der Waals surface area contributed by atoms with Gasteiger partial charge >= 0.3 is 0 Å². The minimum atomic E-state index is -4.32. The zero-order chi connectivity index (χ0) is 32.6. The first-order chi connectivity index (χ1) is 22.7. The SMILES string of the molecule is CC1(C)c2cccc(P(c3ccccc3)c3ccccc3)c2Oc2c(P(c3ccccc3)c3ccccc3)ccc(CS(=O)(=O)O)c21. The van der Waals surface area contributed by atoms with Gasteiger partial charge in [-0.2, -0.15) is 8.42 Å². The lowest BCUT2D eigenvalue weighted by molar-refractivity contribution is 0.422. The molecule has 0 bridgehead atoms. The van der Waals surface area contributed by atoms with E-state index in [0.29, 0.717) is 11.3 Å². The van der Waals surface area contributed by atoms with Crippen LogP contribution in [0.1, 0.15) is 30.5 Å². The Morgan fingerprint density at radius 3 is 1.40 bits per heavy atom. The Labute approximate surface area is 279 Å². The molecule has 234 valence electrons. The summed E-state index contributed by atoms with van der Waals surface area (Å²) in [5.74, 6) is 0.989. The van der Waals surface area contributed by atoms with Crippen molar-refractivity contribution >= 4 is 57.8 Å². The van der Waals surface area contributed by atoms with Gasteiger partial charge in [0, 0.05) is 27.2 Å². The minimum Gasteiger partial charge on any atom is -0.455 e. The van der Waals surface area contributed by atoms with Crippen molar-refractivity contribution in [3.63, 3.8) is 0 Å². The van der Waals surface area contributed by atoms with Crippen molar-refractivity contribution in [2.45, 2.75) is 25.0 Å². The molecule has 0 saturated carbocycles. The van der Waals surface area contributed by atoms with E-state index in [1.165, 1.54) is 10.6 Å². The van der Waals surface area contributed by atoms with Gasteiger partial charge in [0.25, 0.3) is 10.1 Å². The summed E-state index contributed by atoms with van der Waals surface area (Å²) in [6.07, 6.45) is 0. The molecule has 6 aromatic rings. The number of para-hydroxylation sites is 1. The number of hydrogen-bond acceptors (Lipinski definition) is 3. The van der Waals surface area contributed by atoms with Crippen LogP contribution in [0, 0.1) is 0 Å². The third-order valence-corrected chi connectivity index (χ3v) is 14.2. The molecule has 0 amide bonds. The highest BCUT2D eigenvalue weighted by Gasteiger charge is 2.41. The van der Waals surface area contributed by atoms with Crippen molar-refractivity contribution in [1.29, 1.82) is 0 Å². The van der Waals surface area contributed by atoms with Crippen LogP contribution in [0.2, 0.25) is 0 Å². The van der Waals surface area contributed by atoms with Crippen molar-refractivity contribution in [3.8, 4) is 11.5 Å². The Hall–Kier alpha value is -4.11. The second kappa shape index (κ2) is 12.8. The summed E-state index contributed by atoms with van der Waals surface area (Å²) in [6, 6.07) is 52.2. The molecule has 7 heteroatoms. The number of rotatable bonds is 8. The standard InChI is InChI=1S/C40H34O4P2S/c1-40(2)34-24-15-25-35(45(30-16-7-3-8-17-30)31-18-9-4-10-19-31)38(34)44-39-36(27-26-29(37(39)40)28-47(41,42)43)46(32-20-11-5-12-21-32)33-22-13-6-14-23-33/h3-27H,28H2,1-2H3,(H,41,42,43).